The topological polar surface area (TPSA) is 0 Å². The zero-order valence-corrected chi connectivity index (χ0v) is 15.4. The van der Waals surface area contributed by atoms with Gasteiger partial charge in [-0.25, -0.2) is 12.1 Å². The molecule has 108 valence electrons. The van der Waals surface area contributed by atoms with Crippen molar-refractivity contribution in [1.29, 1.82) is 0 Å². The molecule has 0 atom stereocenters. The van der Waals surface area contributed by atoms with Crippen molar-refractivity contribution in [2.45, 2.75) is 6.42 Å². The van der Waals surface area contributed by atoms with Crippen LogP contribution < -0.4 is 0 Å². The molecule has 22 heavy (non-hydrogen) atoms. The Kier molecular flexibility index (Phi) is 10.2. The van der Waals surface area contributed by atoms with Crippen LogP contribution in [0, 0.1) is 20.1 Å². The van der Waals surface area contributed by atoms with Gasteiger partial charge in [0, 0.05) is 0 Å². The average Bonchev–Trinajstić information content (AvgIpc) is 3.20. The first-order valence-corrected chi connectivity index (χ1v) is 6.60. The maximum Gasteiger partial charge on any atom is 4.00 e. The van der Waals surface area contributed by atoms with Crippen LogP contribution in [0.5, 0.6) is 0 Å². The molecule has 0 fully saturated rings. The van der Waals surface area contributed by atoms with E-state index in [2.05, 4.69) is 55.6 Å². The first-order valence-electron chi connectivity index (χ1n) is 6.60. The van der Waals surface area contributed by atoms with Crippen molar-refractivity contribution in [1.82, 2.24) is 0 Å². The molecule has 0 N–H and O–H groups in total. The van der Waals surface area contributed by atoms with Crippen LogP contribution in [0.2, 0.25) is 0 Å². The van der Waals surface area contributed by atoms with Crippen LogP contribution in [0.3, 0.4) is 0 Å². The van der Waals surface area contributed by atoms with Crippen molar-refractivity contribution >= 4 is 0 Å². The van der Waals surface area contributed by atoms with Gasteiger partial charge in [-0.3, -0.25) is 6.58 Å². The van der Waals surface area contributed by atoms with Crippen LogP contribution in [0.1, 0.15) is 11.1 Å². The predicted octanol–water partition coefficient (Wildman–Crippen LogP) is 5.52. The molecule has 1 aliphatic rings. The molecule has 0 aromatic heterocycles. The van der Waals surface area contributed by atoms with E-state index in [1.807, 2.05) is 36.4 Å². The summed E-state index contributed by atoms with van der Waals surface area (Å²) in [4.78, 5) is 0. The van der Waals surface area contributed by atoms with Gasteiger partial charge in [0.05, 0.1) is 0 Å². The third kappa shape index (κ3) is 5.00. The normalized spacial score (nSPS) is 9.27. The summed E-state index contributed by atoms with van der Waals surface area (Å²) in [5.74, 6) is 0. The van der Waals surface area contributed by atoms with Crippen LogP contribution >= 0.6 is 0 Å². The summed E-state index contributed by atoms with van der Waals surface area (Å²) < 4.78 is 0. The molecular formula is C21H20Zr. The number of fused-ring (bicyclic) bond motifs is 3. The fraction of sp³-hybridized carbons (Fsp3) is 0.0476. The summed E-state index contributed by atoms with van der Waals surface area (Å²) in [5, 5.41) is 0. The monoisotopic (exact) mass is 362 g/mol. The van der Waals surface area contributed by atoms with Gasteiger partial charge in [-0.15, -0.1) is 5.56 Å². The summed E-state index contributed by atoms with van der Waals surface area (Å²) in [7, 11) is 0. The minimum Gasteiger partial charge on any atom is -0.521 e. The Labute approximate surface area is 154 Å². The van der Waals surface area contributed by atoms with E-state index < -0.39 is 0 Å². The minimum absolute atomic E-state index is 0. The van der Waals surface area contributed by atoms with E-state index in [0.29, 0.717) is 0 Å². The third-order valence-corrected chi connectivity index (χ3v) is 3.17. The molecular weight excluding hydrogens is 343 g/mol. The molecule has 0 bridgehead atoms. The molecule has 0 heterocycles. The Morgan fingerprint density at radius 3 is 2.18 bits per heavy atom. The van der Waals surface area contributed by atoms with Gasteiger partial charge >= 0.3 is 26.2 Å². The number of benzene rings is 2. The van der Waals surface area contributed by atoms with Crippen molar-refractivity contribution in [2.75, 3.05) is 0 Å². The largest absolute Gasteiger partial charge is 4.00 e. The maximum atomic E-state index is 4.25. The fourth-order valence-corrected chi connectivity index (χ4v) is 2.32. The Morgan fingerprint density at radius 2 is 1.55 bits per heavy atom. The maximum absolute atomic E-state index is 4.25. The van der Waals surface area contributed by atoms with Crippen LogP contribution in [0.4, 0.5) is 0 Å². The summed E-state index contributed by atoms with van der Waals surface area (Å²) >= 11 is 0. The van der Waals surface area contributed by atoms with Gasteiger partial charge in [0.2, 0.25) is 0 Å². The third-order valence-electron chi connectivity index (χ3n) is 3.17. The van der Waals surface area contributed by atoms with Gasteiger partial charge in [0.1, 0.15) is 0 Å². The molecule has 3 aromatic rings. The Hall–Kier alpha value is -1.59. The van der Waals surface area contributed by atoms with Gasteiger partial charge in [-0.1, -0.05) is 35.4 Å². The molecule has 0 aliphatic heterocycles. The van der Waals surface area contributed by atoms with E-state index >= 15 is 0 Å². The number of hydrogen-bond donors (Lipinski definition) is 0. The van der Waals surface area contributed by atoms with Gasteiger partial charge in [-0.05, 0) is 6.42 Å². The average molecular weight is 364 g/mol. The van der Waals surface area contributed by atoms with E-state index in [1.54, 1.807) is 0 Å². The molecule has 0 radical (unpaired) electrons. The minimum atomic E-state index is 0. The van der Waals surface area contributed by atoms with Gasteiger partial charge in [-0.2, -0.15) is 48.0 Å². The molecule has 0 nitrogen and oxygen atoms in total. The van der Waals surface area contributed by atoms with Crippen LogP contribution in [0.25, 0.3) is 11.1 Å². The second kappa shape index (κ2) is 11.0. The fourth-order valence-electron chi connectivity index (χ4n) is 2.32. The van der Waals surface area contributed by atoms with E-state index in [-0.39, 0.29) is 33.6 Å². The number of hydrogen-bond acceptors (Lipinski definition) is 0. The van der Waals surface area contributed by atoms with Crippen molar-refractivity contribution in [3.8, 4) is 11.1 Å². The van der Waals surface area contributed by atoms with Crippen molar-refractivity contribution in [3.05, 3.63) is 111 Å². The van der Waals surface area contributed by atoms with Crippen LogP contribution in [-0.4, -0.2) is 0 Å². The van der Waals surface area contributed by atoms with Crippen LogP contribution in [0.15, 0.2) is 79.4 Å². The SMILES string of the molecule is [CH-]=C.[CH3-].[Zr+4].[c-]1cccc2c1Cc1ccccc1-2.c1cc[cH-]c1. The van der Waals surface area contributed by atoms with Gasteiger partial charge in [0.15, 0.2) is 0 Å². The van der Waals surface area contributed by atoms with Crippen molar-refractivity contribution < 1.29 is 26.2 Å². The van der Waals surface area contributed by atoms with E-state index in [1.165, 1.54) is 22.3 Å². The summed E-state index contributed by atoms with van der Waals surface area (Å²) in [6, 6.07) is 28.1. The van der Waals surface area contributed by atoms with Gasteiger partial charge in [0.25, 0.3) is 0 Å². The first-order chi connectivity index (χ1) is 9.95. The predicted molar refractivity (Wildman–Crippen MR) is 91.9 cm³/mol. The molecule has 0 saturated heterocycles. The smallest absolute Gasteiger partial charge is 0.521 e. The molecule has 3 aromatic carbocycles. The Bertz CT molecular complexity index is 578. The Morgan fingerprint density at radius 1 is 0.909 bits per heavy atom. The standard InChI is InChI=1S/C13H9.C5H5.C2H3.CH3.Zr/c1-3-7-12-10(5-1)9-11-6-2-4-8-13(11)12;1-2-4-5-3-1;1-2;;/h1-5,7-8H,9H2;1-5H;1H,2H2;1H3;/q4*-1;+4. The van der Waals surface area contributed by atoms with Crippen molar-refractivity contribution in [2.24, 2.45) is 0 Å². The molecule has 0 unspecified atom stereocenters. The molecule has 4 rings (SSSR count). The summed E-state index contributed by atoms with van der Waals surface area (Å²) in [5.41, 5.74) is 5.51. The van der Waals surface area contributed by atoms with E-state index in [4.69, 9.17) is 0 Å². The quantitative estimate of drug-likeness (QED) is 0.361. The summed E-state index contributed by atoms with van der Waals surface area (Å²) in [6.45, 7) is 7.00. The molecule has 1 aliphatic carbocycles. The Balaban J connectivity index is 0.000000422. The van der Waals surface area contributed by atoms with E-state index in [0.717, 1.165) is 6.42 Å². The molecule has 0 amide bonds. The van der Waals surface area contributed by atoms with E-state index in [9.17, 15) is 0 Å². The zero-order chi connectivity index (χ0) is 14.2. The second-order valence-electron chi connectivity index (χ2n) is 4.36. The van der Waals surface area contributed by atoms with Gasteiger partial charge < -0.3 is 14.0 Å². The second-order valence-corrected chi connectivity index (χ2v) is 4.36. The first kappa shape index (κ1) is 20.4. The molecule has 0 spiro atoms. The van der Waals surface area contributed by atoms with Crippen LogP contribution in [-0.2, 0) is 32.6 Å². The number of rotatable bonds is 0. The molecule has 1 heteroatoms. The molecule has 0 saturated carbocycles. The summed E-state index contributed by atoms with van der Waals surface area (Å²) in [6.07, 6.45) is 1.05. The zero-order valence-electron chi connectivity index (χ0n) is 12.9. The van der Waals surface area contributed by atoms with Crippen molar-refractivity contribution in [3.63, 3.8) is 0 Å².